The Labute approximate surface area is 570 Å². The molecule has 0 spiro atoms. The predicted octanol–water partition coefficient (Wildman–Crippen LogP) is 19.2. The van der Waals surface area contributed by atoms with Gasteiger partial charge in [0.2, 0.25) is 0 Å². The predicted molar refractivity (Wildman–Crippen MR) is 397 cm³/mol. The molecule has 20 rings (SSSR count). The molecule has 0 N–H and O–H groups in total. The van der Waals surface area contributed by atoms with Crippen molar-refractivity contribution in [3.63, 3.8) is 0 Å². The van der Waals surface area contributed by atoms with Crippen LogP contribution in [0.15, 0.2) is 303 Å². The number of para-hydroxylation sites is 3. The van der Waals surface area contributed by atoms with Crippen LogP contribution in [0.5, 0.6) is 23.0 Å². The molecule has 1 aromatic heterocycles. The highest BCUT2D eigenvalue weighted by molar-refractivity contribution is 7.04. The molecule has 5 aliphatic rings. The van der Waals surface area contributed by atoms with Gasteiger partial charge < -0.3 is 23.8 Å². The van der Waals surface area contributed by atoms with Crippen LogP contribution < -0.4 is 52.1 Å². The molecule has 0 bridgehead atoms. The van der Waals surface area contributed by atoms with Gasteiger partial charge in [0, 0.05) is 66.9 Å². The van der Waals surface area contributed by atoms with E-state index in [2.05, 4.69) is 116 Å². The fourth-order valence-corrected chi connectivity index (χ4v) is 15.5. The van der Waals surface area contributed by atoms with Crippen LogP contribution in [-0.2, 0) is 5.41 Å². The summed E-state index contributed by atoms with van der Waals surface area (Å²) in [5.41, 5.74) is 13.5. The highest BCUT2D eigenvalue weighted by atomic mass is 16.5. The zero-order chi connectivity index (χ0) is 73.2. The zero-order valence-corrected chi connectivity index (χ0v) is 51.8. The number of hydrogen-bond donors (Lipinski definition) is 0. The maximum atomic E-state index is 12.1. The molecule has 5 nitrogen and oxygen atoms in total. The molecular formula is C88H59B2N3O2. The third-order valence-electron chi connectivity index (χ3n) is 19.7. The summed E-state index contributed by atoms with van der Waals surface area (Å²) in [6.45, 7) is 4.07. The van der Waals surface area contributed by atoms with Crippen LogP contribution in [0.3, 0.4) is 0 Å². The molecule has 0 amide bonds. The Morgan fingerprint density at radius 1 is 0.347 bits per heavy atom. The van der Waals surface area contributed by atoms with E-state index in [-0.39, 0.29) is 120 Å². The van der Waals surface area contributed by atoms with E-state index in [1.54, 1.807) is 4.57 Å². The molecule has 0 radical (unpaired) electrons. The van der Waals surface area contributed by atoms with E-state index in [4.69, 9.17) is 9.47 Å². The maximum absolute atomic E-state index is 12.1. The number of nitrogens with zero attached hydrogens (tertiary/aromatic N) is 3. The Hall–Kier alpha value is -11.8. The molecule has 7 heteroatoms. The third-order valence-corrected chi connectivity index (χ3v) is 19.7. The minimum absolute atomic E-state index is 0.00310. The van der Waals surface area contributed by atoms with E-state index in [9.17, 15) is 16.4 Å². The minimum atomic E-state index is -1.22. The molecule has 0 aliphatic carbocycles. The average molecular weight is 1220 g/mol. The van der Waals surface area contributed by atoms with E-state index < -0.39 is 55.1 Å². The van der Waals surface area contributed by atoms with Crippen molar-refractivity contribution >= 4 is 102 Å². The SMILES string of the molecule is [2H]c1c([2H])c2c(c([2H])c1-c1ccccc1)B1c3c(cc(C(C)(C)C)cc3N(c3c(-c4ccccc4)cccc3-c3ccccc3)c3c([2H])c4c5c(c31)Oc1c([2H])c(-c3ccccc3)c([2H])c3c1B5c1c(c([2H])c([2H])c5c6c([2H])c([2H])c([2H])c([2H])c6n-4c15)O3)N2c1c(-c2ccccc2)cccc1-c1ccccc1. The smallest absolute Gasteiger partial charge is 0.266 e. The molecule has 0 saturated carbocycles. The van der Waals surface area contributed by atoms with E-state index in [1.807, 2.05) is 146 Å². The third kappa shape index (κ3) is 7.87. The number of hydrogen-bond acceptors (Lipinski definition) is 4. The lowest BCUT2D eigenvalue weighted by atomic mass is 9.29. The summed E-state index contributed by atoms with van der Waals surface area (Å²) in [5, 5.41) is -0.00413. The lowest BCUT2D eigenvalue weighted by Crippen LogP contribution is -2.66. The second-order valence-electron chi connectivity index (χ2n) is 26.0. The van der Waals surface area contributed by atoms with Crippen molar-refractivity contribution in [2.45, 2.75) is 26.2 Å². The van der Waals surface area contributed by atoms with Crippen molar-refractivity contribution < 1.29 is 25.9 Å². The average Bonchev–Trinajstić information content (AvgIpc) is 1.61. The quantitative estimate of drug-likeness (QED) is 0.142. The summed E-state index contributed by atoms with van der Waals surface area (Å²) in [6.07, 6.45) is 0. The molecule has 95 heavy (non-hydrogen) atoms. The van der Waals surface area contributed by atoms with Crippen molar-refractivity contribution in [1.29, 1.82) is 0 Å². The number of fused-ring (bicyclic) bond motifs is 9. The summed E-state index contributed by atoms with van der Waals surface area (Å²) in [5.74, 6) is -0.00509. The normalized spacial score (nSPS) is 15.1. The number of ether oxygens (including phenoxy) is 2. The van der Waals surface area contributed by atoms with Gasteiger partial charge in [-0.25, -0.2) is 0 Å². The van der Waals surface area contributed by atoms with Crippen molar-refractivity contribution in [3.8, 4) is 95.4 Å². The van der Waals surface area contributed by atoms with Crippen LogP contribution >= 0.6 is 0 Å². The van der Waals surface area contributed by atoms with E-state index in [0.29, 0.717) is 55.7 Å². The molecule has 5 aliphatic heterocycles. The van der Waals surface area contributed by atoms with Gasteiger partial charge in [0.25, 0.3) is 13.4 Å². The largest absolute Gasteiger partial charge is 0.459 e. The van der Waals surface area contributed by atoms with Gasteiger partial charge >= 0.3 is 0 Å². The van der Waals surface area contributed by atoms with Crippen molar-refractivity contribution in [3.05, 3.63) is 309 Å². The van der Waals surface area contributed by atoms with Crippen molar-refractivity contribution in [2.24, 2.45) is 0 Å². The van der Waals surface area contributed by atoms with Gasteiger partial charge in [0.1, 0.15) is 23.0 Å². The van der Waals surface area contributed by atoms with Gasteiger partial charge in [-0.1, -0.05) is 269 Å². The van der Waals surface area contributed by atoms with E-state index >= 15 is 0 Å². The summed E-state index contributed by atoms with van der Waals surface area (Å²) in [4.78, 5) is 4.29. The van der Waals surface area contributed by atoms with Crippen molar-refractivity contribution in [2.75, 3.05) is 9.80 Å². The molecule has 14 aromatic carbocycles. The maximum Gasteiger partial charge on any atom is 0.266 e. The Morgan fingerprint density at radius 2 is 0.832 bits per heavy atom. The zero-order valence-electron chi connectivity index (χ0n) is 63.8. The fraction of sp³-hybridized carbons (Fsp3) is 0.0455. The summed E-state index contributed by atoms with van der Waals surface area (Å²) >= 11 is 0. The first-order chi connectivity index (χ1) is 51.8. The monoisotopic (exact) mass is 1220 g/mol. The Kier molecular flexibility index (Phi) is 9.24. The topological polar surface area (TPSA) is 29.9 Å². The van der Waals surface area contributed by atoms with Gasteiger partial charge in [-0.15, -0.1) is 0 Å². The molecule has 0 atom stereocenters. The molecule has 6 heterocycles. The molecule has 0 saturated heterocycles. The van der Waals surface area contributed by atoms with Crippen LogP contribution in [0.2, 0.25) is 0 Å². The number of anilines is 6. The Morgan fingerprint density at radius 3 is 1.37 bits per heavy atom. The number of benzene rings is 14. The molecule has 15 aromatic rings. The first-order valence-electron chi connectivity index (χ1n) is 38.2. The Balaban J connectivity index is 1.06. The van der Waals surface area contributed by atoms with Crippen LogP contribution in [0.25, 0.3) is 94.3 Å². The molecule has 0 fully saturated rings. The Bertz CT molecular complexity index is 6350. The molecule has 444 valence electrons. The highest BCUT2D eigenvalue weighted by Crippen LogP contribution is 2.56. The number of rotatable bonds is 8. The van der Waals surface area contributed by atoms with Crippen LogP contribution in [0, 0.1) is 0 Å². The molecule has 0 unspecified atom stereocenters. The fourth-order valence-electron chi connectivity index (χ4n) is 15.5. The molecular weight excluding hydrogens is 1150 g/mol. The second-order valence-corrected chi connectivity index (χ2v) is 26.0. The van der Waals surface area contributed by atoms with Crippen LogP contribution in [0.4, 0.5) is 34.1 Å². The first kappa shape index (κ1) is 43.1. The van der Waals surface area contributed by atoms with Gasteiger partial charge in [-0.2, -0.15) is 0 Å². The van der Waals surface area contributed by atoms with Crippen molar-refractivity contribution in [1.82, 2.24) is 4.57 Å². The highest BCUT2D eigenvalue weighted by Gasteiger charge is 2.53. The summed E-state index contributed by atoms with van der Waals surface area (Å²) < 4.78 is 142. The standard InChI is InChI=1S/C88H59B2N3O2/c1-88(2,3)62-51-72-79-73(52-62)93(85-65(58-34-18-8-19-35-58)41-25-42-66(85)59-36-20-9-21-37-59)74-53-75-81-87(95-78-50-61(55-28-12-5-13-29-55)49-77-82(78)90(81)83-76(94-77)47-45-68-67-38-22-23-43-70(67)91(75)86(68)83)80(74)89(79)69-48-60(54-26-10-4-11-27-54)44-46-71(69)92(72)84-63(56-30-14-6-15-31-56)39-24-40-64(84)57-32-16-7-17-33-57/h4-53H,1-3H3/i22D,23D,38D,43D,44D,45D,46D,47D,48D,49D,50D,53D. The van der Waals surface area contributed by atoms with E-state index in [1.165, 1.54) is 0 Å². The van der Waals surface area contributed by atoms with Crippen LogP contribution in [-0.4, -0.2) is 18.0 Å². The van der Waals surface area contributed by atoms with Crippen LogP contribution in [0.1, 0.15) is 42.8 Å². The summed E-state index contributed by atoms with van der Waals surface area (Å²) in [7, 11) is 0. The lowest BCUT2D eigenvalue weighted by molar-refractivity contribution is 0.466. The number of aromatic nitrogens is 1. The minimum Gasteiger partial charge on any atom is -0.459 e. The first-order valence-corrected chi connectivity index (χ1v) is 32.2. The summed E-state index contributed by atoms with van der Waals surface area (Å²) in [6, 6.07) is 71.8. The van der Waals surface area contributed by atoms with Gasteiger partial charge in [0.05, 0.1) is 38.9 Å². The van der Waals surface area contributed by atoms with Gasteiger partial charge in [-0.3, -0.25) is 0 Å². The lowest BCUT2D eigenvalue weighted by Gasteiger charge is -2.48. The van der Waals surface area contributed by atoms with E-state index in [0.717, 1.165) is 50.1 Å². The second kappa shape index (κ2) is 20.4. The van der Waals surface area contributed by atoms with Gasteiger partial charge in [-0.05, 0) is 137 Å². The van der Waals surface area contributed by atoms with Gasteiger partial charge in [0.15, 0.2) is 0 Å².